The highest BCUT2D eigenvalue weighted by atomic mass is 35.5. The Morgan fingerprint density at radius 3 is 2.62 bits per heavy atom. The van der Waals surface area contributed by atoms with Crippen molar-refractivity contribution in [3.63, 3.8) is 0 Å². The molecule has 4 nitrogen and oxygen atoms in total. The molecule has 0 spiro atoms. The number of amides is 1. The summed E-state index contributed by atoms with van der Waals surface area (Å²) in [4.78, 5) is 11.7. The van der Waals surface area contributed by atoms with Crippen LogP contribution in [0.2, 0.25) is 5.02 Å². The summed E-state index contributed by atoms with van der Waals surface area (Å²) in [6.07, 6.45) is 0.167. The quantitative estimate of drug-likeness (QED) is 0.831. The van der Waals surface area contributed by atoms with Gasteiger partial charge in [0.05, 0.1) is 23.7 Å². The Labute approximate surface area is 126 Å². The zero-order valence-corrected chi connectivity index (χ0v) is 11.9. The molecule has 0 aromatic heterocycles. The first-order valence-electron chi connectivity index (χ1n) is 6.28. The molecule has 0 aliphatic carbocycles. The number of carbonyl (C=O) groups excluding carboxylic acids is 1. The molecule has 21 heavy (non-hydrogen) atoms. The minimum atomic E-state index is -0.333. The SMILES string of the molecule is Nc1cc(NC(=O)CCOc2ccc(F)cc2)ccc1Cl. The maximum absolute atomic E-state index is 12.7. The van der Waals surface area contributed by atoms with Gasteiger partial charge in [-0.25, -0.2) is 4.39 Å². The molecule has 2 aromatic rings. The fourth-order valence-corrected chi connectivity index (χ4v) is 1.75. The number of benzene rings is 2. The Hall–Kier alpha value is -2.27. The second-order valence-electron chi connectivity index (χ2n) is 4.34. The lowest BCUT2D eigenvalue weighted by atomic mass is 10.2. The standard InChI is InChI=1S/C15H14ClFN2O2/c16-13-6-3-11(9-14(13)18)19-15(20)7-8-21-12-4-1-10(17)2-5-12/h1-6,9H,7-8,18H2,(H,19,20). The first-order chi connectivity index (χ1) is 10.0. The summed E-state index contributed by atoms with van der Waals surface area (Å²) in [6, 6.07) is 10.5. The molecule has 0 heterocycles. The van der Waals surface area contributed by atoms with Gasteiger partial charge in [0.2, 0.25) is 5.91 Å². The molecule has 0 unspecified atom stereocenters. The number of carbonyl (C=O) groups is 1. The van der Waals surface area contributed by atoms with E-state index in [0.717, 1.165) is 0 Å². The molecule has 2 rings (SSSR count). The number of anilines is 2. The molecule has 0 fully saturated rings. The molecule has 1 amide bonds. The van der Waals surface area contributed by atoms with Gasteiger partial charge < -0.3 is 15.8 Å². The summed E-state index contributed by atoms with van der Waals surface area (Å²) in [6.45, 7) is 0.195. The van der Waals surface area contributed by atoms with Crippen LogP contribution in [0.3, 0.4) is 0 Å². The van der Waals surface area contributed by atoms with E-state index in [9.17, 15) is 9.18 Å². The topological polar surface area (TPSA) is 64.3 Å². The van der Waals surface area contributed by atoms with Crippen molar-refractivity contribution in [2.45, 2.75) is 6.42 Å². The number of nitrogen functional groups attached to an aromatic ring is 1. The lowest BCUT2D eigenvalue weighted by Crippen LogP contribution is -2.15. The van der Waals surface area contributed by atoms with E-state index in [1.165, 1.54) is 24.3 Å². The molecular weight excluding hydrogens is 295 g/mol. The van der Waals surface area contributed by atoms with Gasteiger partial charge in [-0.1, -0.05) is 11.6 Å². The monoisotopic (exact) mass is 308 g/mol. The number of nitrogens with two attached hydrogens (primary N) is 1. The molecular formula is C15H14ClFN2O2. The van der Waals surface area contributed by atoms with Crippen molar-refractivity contribution in [1.29, 1.82) is 0 Å². The Balaban J connectivity index is 1.79. The molecule has 6 heteroatoms. The highest BCUT2D eigenvalue weighted by molar-refractivity contribution is 6.33. The van der Waals surface area contributed by atoms with E-state index >= 15 is 0 Å². The molecule has 2 aromatic carbocycles. The van der Waals surface area contributed by atoms with Gasteiger partial charge in [0.1, 0.15) is 11.6 Å². The van der Waals surface area contributed by atoms with Gasteiger partial charge in [-0.15, -0.1) is 0 Å². The van der Waals surface area contributed by atoms with Gasteiger partial charge in [0.15, 0.2) is 0 Å². The van der Waals surface area contributed by atoms with E-state index in [0.29, 0.717) is 22.1 Å². The molecule has 0 aliphatic rings. The molecule has 0 atom stereocenters. The van der Waals surface area contributed by atoms with Crippen LogP contribution in [0.5, 0.6) is 5.75 Å². The van der Waals surface area contributed by atoms with Crippen LogP contribution < -0.4 is 15.8 Å². The number of ether oxygens (including phenoxy) is 1. The molecule has 3 N–H and O–H groups in total. The Bertz CT molecular complexity index is 632. The van der Waals surface area contributed by atoms with Crippen molar-refractivity contribution in [2.24, 2.45) is 0 Å². The number of rotatable bonds is 5. The van der Waals surface area contributed by atoms with Gasteiger partial charge >= 0.3 is 0 Å². The first kappa shape index (κ1) is 15.1. The predicted molar refractivity (Wildman–Crippen MR) is 81.0 cm³/mol. The van der Waals surface area contributed by atoms with Crippen LogP contribution >= 0.6 is 11.6 Å². The second kappa shape index (κ2) is 6.95. The van der Waals surface area contributed by atoms with E-state index in [2.05, 4.69) is 5.32 Å². The highest BCUT2D eigenvalue weighted by Crippen LogP contribution is 2.22. The molecule has 0 saturated carbocycles. The fraction of sp³-hybridized carbons (Fsp3) is 0.133. The molecule has 0 saturated heterocycles. The highest BCUT2D eigenvalue weighted by Gasteiger charge is 2.05. The smallest absolute Gasteiger partial charge is 0.227 e. The third-order valence-corrected chi connectivity index (χ3v) is 3.04. The average Bonchev–Trinajstić information content (AvgIpc) is 2.45. The molecule has 0 radical (unpaired) electrons. The van der Waals surface area contributed by atoms with E-state index < -0.39 is 0 Å². The summed E-state index contributed by atoms with van der Waals surface area (Å²) in [7, 11) is 0. The van der Waals surface area contributed by atoms with Gasteiger partial charge in [0.25, 0.3) is 0 Å². The van der Waals surface area contributed by atoms with Crippen LogP contribution in [0.15, 0.2) is 42.5 Å². The molecule has 110 valence electrons. The van der Waals surface area contributed by atoms with Crippen molar-refractivity contribution in [1.82, 2.24) is 0 Å². The lowest BCUT2D eigenvalue weighted by Gasteiger charge is -2.08. The van der Waals surface area contributed by atoms with Crippen LogP contribution in [0.4, 0.5) is 15.8 Å². The average molecular weight is 309 g/mol. The number of nitrogens with one attached hydrogen (secondary N) is 1. The largest absolute Gasteiger partial charge is 0.493 e. The minimum Gasteiger partial charge on any atom is -0.493 e. The van der Waals surface area contributed by atoms with Crippen LogP contribution in [0.25, 0.3) is 0 Å². The van der Waals surface area contributed by atoms with E-state index in [-0.39, 0.29) is 24.8 Å². The molecule has 0 aliphatic heterocycles. The van der Waals surface area contributed by atoms with Crippen molar-refractivity contribution in [3.8, 4) is 5.75 Å². The Morgan fingerprint density at radius 1 is 1.24 bits per heavy atom. The zero-order valence-electron chi connectivity index (χ0n) is 11.1. The van der Waals surface area contributed by atoms with Gasteiger partial charge in [0, 0.05) is 5.69 Å². The van der Waals surface area contributed by atoms with E-state index in [1.54, 1.807) is 18.2 Å². The lowest BCUT2D eigenvalue weighted by molar-refractivity contribution is -0.116. The third-order valence-electron chi connectivity index (χ3n) is 2.69. The maximum atomic E-state index is 12.7. The van der Waals surface area contributed by atoms with Crippen LogP contribution in [0, 0.1) is 5.82 Å². The van der Waals surface area contributed by atoms with E-state index in [1.807, 2.05) is 0 Å². The minimum absolute atomic E-state index is 0.167. The summed E-state index contributed by atoms with van der Waals surface area (Å²) in [5.74, 6) is -0.0285. The van der Waals surface area contributed by atoms with Gasteiger partial charge in [-0.3, -0.25) is 4.79 Å². The van der Waals surface area contributed by atoms with Crippen molar-refractivity contribution >= 4 is 28.9 Å². The summed E-state index contributed by atoms with van der Waals surface area (Å²) in [5.41, 5.74) is 6.62. The van der Waals surface area contributed by atoms with Crippen LogP contribution in [-0.4, -0.2) is 12.5 Å². The zero-order chi connectivity index (χ0) is 15.2. The Kier molecular flexibility index (Phi) is 5.00. The normalized spacial score (nSPS) is 10.2. The van der Waals surface area contributed by atoms with E-state index in [4.69, 9.17) is 22.1 Å². The number of hydrogen-bond donors (Lipinski definition) is 2. The first-order valence-corrected chi connectivity index (χ1v) is 6.65. The van der Waals surface area contributed by atoms with Crippen molar-refractivity contribution in [2.75, 3.05) is 17.7 Å². The van der Waals surface area contributed by atoms with Crippen molar-refractivity contribution in [3.05, 3.63) is 53.3 Å². The van der Waals surface area contributed by atoms with Crippen LogP contribution in [-0.2, 0) is 4.79 Å². The third kappa shape index (κ3) is 4.65. The summed E-state index contributed by atoms with van der Waals surface area (Å²) in [5, 5.41) is 3.13. The maximum Gasteiger partial charge on any atom is 0.227 e. The summed E-state index contributed by atoms with van der Waals surface area (Å²) >= 11 is 5.80. The number of halogens is 2. The van der Waals surface area contributed by atoms with Crippen LogP contribution in [0.1, 0.15) is 6.42 Å². The van der Waals surface area contributed by atoms with Gasteiger partial charge in [-0.2, -0.15) is 0 Å². The second-order valence-corrected chi connectivity index (χ2v) is 4.74. The molecule has 0 bridgehead atoms. The van der Waals surface area contributed by atoms with Crippen molar-refractivity contribution < 1.29 is 13.9 Å². The predicted octanol–water partition coefficient (Wildman–Crippen LogP) is 3.47. The van der Waals surface area contributed by atoms with Gasteiger partial charge in [-0.05, 0) is 42.5 Å². The Morgan fingerprint density at radius 2 is 1.95 bits per heavy atom. The fourth-order valence-electron chi connectivity index (χ4n) is 1.64. The number of hydrogen-bond acceptors (Lipinski definition) is 3. The summed E-state index contributed by atoms with van der Waals surface area (Å²) < 4.78 is 18.0.